The van der Waals surface area contributed by atoms with Crippen molar-refractivity contribution in [2.75, 3.05) is 0 Å². The van der Waals surface area contributed by atoms with E-state index in [-0.39, 0.29) is 5.76 Å². The van der Waals surface area contributed by atoms with Crippen molar-refractivity contribution in [2.45, 2.75) is 6.92 Å². The van der Waals surface area contributed by atoms with Gasteiger partial charge in [-0.3, -0.25) is 0 Å². The third kappa shape index (κ3) is 1.18. The van der Waals surface area contributed by atoms with E-state index >= 15 is 0 Å². The molecule has 1 unspecified atom stereocenters. The molecule has 0 aromatic carbocycles. The first-order valence-electron chi connectivity index (χ1n) is 2.93. The number of aliphatic hydroxyl groups is 1. The van der Waals surface area contributed by atoms with E-state index in [9.17, 15) is 4.79 Å². The third-order valence-corrected chi connectivity index (χ3v) is 1.27. The fourth-order valence-electron chi connectivity index (χ4n) is 0.718. The molecule has 0 spiro atoms. The molecule has 1 N–H and O–H groups in total. The average Bonchev–Trinajstić information content (AvgIpc) is 1.94. The summed E-state index contributed by atoms with van der Waals surface area (Å²) < 4.78 is 4.81. The Kier molecular flexibility index (Phi) is 1.76. The van der Waals surface area contributed by atoms with Crippen LogP contribution < -0.4 is 0 Å². The first kappa shape index (κ1) is 6.86. The summed E-state index contributed by atoms with van der Waals surface area (Å²) in [5.74, 6) is 0.0734. The SMILES string of the molecule is CC1=CC(C=O)C(O)=CO1. The van der Waals surface area contributed by atoms with Crippen molar-refractivity contribution < 1.29 is 14.6 Å². The summed E-state index contributed by atoms with van der Waals surface area (Å²) in [5, 5.41) is 8.95. The highest BCUT2D eigenvalue weighted by Crippen LogP contribution is 2.16. The van der Waals surface area contributed by atoms with Gasteiger partial charge in [-0.1, -0.05) is 0 Å². The lowest BCUT2D eigenvalue weighted by atomic mass is 10.1. The molecule has 1 heterocycles. The zero-order chi connectivity index (χ0) is 7.56. The van der Waals surface area contributed by atoms with Crippen LogP contribution in [0.25, 0.3) is 0 Å². The molecular formula is C7H8O3. The van der Waals surface area contributed by atoms with Crippen LogP contribution in [0.4, 0.5) is 0 Å². The second kappa shape index (κ2) is 2.56. The minimum Gasteiger partial charge on any atom is -0.508 e. The number of aliphatic hydroxyl groups excluding tert-OH is 1. The lowest BCUT2D eigenvalue weighted by Crippen LogP contribution is -2.07. The van der Waals surface area contributed by atoms with Gasteiger partial charge in [-0.2, -0.15) is 0 Å². The van der Waals surface area contributed by atoms with Gasteiger partial charge in [0.25, 0.3) is 0 Å². The summed E-state index contributed by atoms with van der Waals surface area (Å²) in [6.45, 7) is 1.72. The standard InChI is InChI=1S/C7H8O3/c1-5-2-6(3-8)7(9)4-10-5/h2-4,6,9H,1H3. The van der Waals surface area contributed by atoms with Gasteiger partial charge >= 0.3 is 0 Å². The van der Waals surface area contributed by atoms with Crippen LogP contribution in [0.1, 0.15) is 6.92 Å². The molecule has 1 rings (SSSR count). The van der Waals surface area contributed by atoms with Crippen LogP contribution in [0, 0.1) is 5.92 Å². The highest BCUT2D eigenvalue weighted by molar-refractivity contribution is 5.61. The Morgan fingerprint density at radius 2 is 2.50 bits per heavy atom. The van der Waals surface area contributed by atoms with Crippen molar-refractivity contribution in [3.63, 3.8) is 0 Å². The first-order valence-corrected chi connectivity index (χ1v) is 2.93. The molecule has 0 aromatic heterocycles. The van der Waals surface area contributed by atoms with Crippen molar-refractivity contribution >= 4 is 6.29 Å². The predicted octanol–water partition coefficient (Wildman–Crippen LogP) is 1.13. The summed E-state index contributed by atoms with van der Waals surface area (Å²) in [6.07, 6.45) is 3.40. The molecule has 0 bridgehead atoms. The number of hydrogen-bond donors (Lipinski definition) is 1. The van der Waals surface area contributed by atoms with Gasteiger partial charge in [-0.05, 0) is 13.0 Å². The Morgan fingerprint density at radius 3 is 3.00 bits per heavy atom. The average molecular weight is 140 g/mol. The lowest BCUT2D eigenvalue weighted by Gasteiger charge is -2.11. The summed E-state index contributed by atoms with van der Waals surface area (Å²) in [5.41, 5.74) is 0. The molecule has 1 aliphatic heterocycles. The second-order valence-electron chi connectivity index (χ2n) is 2.10. The van der Waals surface area contributed by atoms with Crippen LogP contribution in [0.15, 0.2) is 23.9 Å². The highest BCUT2D eigenvalue weighted by atomic mass is 16.5. The molecule has 3 nitrogen and oxygen atoms in total. The van der Waals surface area contributed by atoms with Crippen LogP contribution in [-0.2, 0) is 9.53 Å². The molecule has 0 saturated carbocycles. The molecule has 0 saturated heterocycles. The molecule has 0 radical (unpaired) electrons. The van der Waals surface area contributed by atoms with Gasteiger partial charge in [0.1, 0.15) is 18.3 Å². The van der Waals surface area contributed by atoms with E-state index in [1.807, 2.05) is 0 Å². The number of hydrogen-bond acceptors (Lipinski definition) is 3. The van der Waals surface area contributed by atoms with Crippen LogP contribution in [0.2, 0.25) is 0 Å². The van der Waals surface area contributed by atoms with Crippen molar-refractivity contribution in [1.82, 2.24) is 0 Å². The van der Waals surface area contributed by atoms with Crippen LogP contribution >= 0.6 is 0 Å². The Hall–Kier alpha value is -1.25. The fraction of sp³-hybridized carbons (Fsp3) is 0.286. The smallest absolute Gasteiger partial charge is 0.141 e. The summed E-state index contributed by atoms with van der Waals surface area (Å²) >= 11 is 0. The van der Waals surface area contributed by atoms with Crippen LogP contribution in [0.3, 0.4) is 0 Å². The summed E-state index contributed by atoms with van der Waals surface area (Å²) in [4.78, 5) is 10.2. The Balaban J connectivity index is 2.77. The molecule has 0 aromatic rings. The Morgan fingerprint density at radius 1 is 1.80 bits per heavy atom. The zero-order valence-corrected chi connectivity index (χ0v) is 5.57. The molecule has 54 valence electrons. The second-order valence-corrected chi connectivity index (χ2v) is 2.10. The predicted molar refractivity (Wildman–Crippen MR) is 35.1 cm³/mol. The Bertz CT molecular complexity index is 203. The monoisotopic (exact) mass is 140 g/mol. The molecule has 0 aliphatic carbocycles. The quantitative estimate of drug-likeness (QED) is 0.555. The van der Waals surface area contributed by atoms with Crippen molar-refractivity contribution in [2.24, 2.45) is 5.92 Å². The summed E-state index contributed by atoms with van der Waals surface area (Å²) in [7, 11) is 0. The molecule has 10 heavy (non-hydrogen) atoms. The minimum atomic E-state index is -0.520. The summed E-state index contributed by atoms with van der Waals surface area (Å²) in [6, 6.07) is 0. The lowest BCUT2D eigenvalue weighted by molar-refractivity contribution is -0.109. The van der Waals surface area contributed by atoms with E-state index < -0.39 is 5.92 Å². The van der Waals surface area contributed by atoms with E-state index in [0.29, 0.717) is 12.0 Å². The van der Waals surface area contributed by atoms with E-state index in [1.165, 1.54) is 6.26 Å². The molecule has 0 amide bonds. The fourth-order valence-corrected chi connectivity index (χ4v) is 0.718. The normalized spacial score (nSPS) is 24.3. The zero-order valence-electron chi connectivity index (χ0n) is 5.57. The maximum absolute atomic E-state index is 10.2. The van der Waals surface area contributed by atoms with E-state index in [1.54, 1.807) is 13.0 Å². The molecule has 1 atom stereocenters. The van der Waals surface area contributed by atoms with E-state index in [2.05, 4.69) is 0 Å². The van der Waals surface area contributed by atoms with E-state index in [4.69, 9.17) is 9.84 Å². The third-order valence-electron chi connectivity index (χ3n) is 1.27. The molecule has 0 fully saturated rings. The van der Waals surface area contributed by atoms with Gasteiger partial charge in [0.05, 0.1) is 11.7 Å². The topological polar surface area (TPSA) is 46.5 Å². The van der Waals surface area contributed by atoms with Crippen molar-refractivity contribution in [3.8, 4) is 0 Å². The highest BCUT2D eigenvalue weighted by Gasteiger charge is 2.14. The van der Waals surface area contributed by atoms with Crippen molar-refractivity contribution in [3.05, 3.63) is 23.9 Å². The number of aldehydes is 1. The van der Waals surface area contributed by atoms with Crippen molar-refractivity contribution in [1.29, 1.82) is 0 Å². The van der Waals surface area contributed by atoms with Gasteiger partial charge in [-0.15, -0.1) is 0 Å². The minimum absolute atomic E-state index is 0.0411. The number of rotatable bonds is 1. The van der Waals surface area contributed by atoms with Crippen LogP contribution in [-0.4, -0.2) is 11.4 Å². The number of carbonyl (C=O) groups is 1. The molecule has 3 heteroatoms. The van der Waals surface area contributed by atoms with Gasteiger partial charge in [0, 0.05) is 0 Å². The maximum Gasteiger partial charge on any atom is 0.141 e. The maximum atomic E-state index is 10.2. The van der Waals surface area contributed by atoms with Gasteiger partial charge in [-0.25, -0.2) is 0 Å². The van der Waals surface area contributed by atoms with Gasteiger partial charge in [0.15, 0.2) is 0 Å². The number of carbonyl (C=O) groups excluding carboxylic acids is 1. The number of ether oxygens (including phenoxy) is 1. The largest absolute Gasteiger partial charge is 0.508 e. The Labute approximate surface area is 58.6 Å². The van der Waals surface area contributed by atoms with Gasteiger partial charge < -0.3 is 14.6 Å². The van der Waals surface area contributed by atoms with Gasteiger partial charge in [0.2, 0.25) is 0 Å². The first-order chi connectivity index (χ1) is 4.74. The molecular weight excluding hydrogens is 132 g/mol. The van der Waals surface area contributed by atoms with Crippen LogP contribution in [0.5, 0.6) is 0 Å². The number of allylic oxidation sites excluding steroid dienone is 2. The molecule has 1 aliphatic rings. The van der Waals surface area contributed by atoms with E-state index in [0.717, 1.165) is 0 Å².